The predicted octanol–water partition coefficient (Wildman–Crippen LogP) is 0.434. The van der Waals surface area contributed by atoms with Crippen LogP contribution in [0.5, 0.6) is 0 Å². The van der Waals surface area contributed by atoms with E-state index in [4.69, 9.17) is 10.6 Å². The van der Waals surface area contributed by atoms with E-state index in [2.05, 4.69) is 19.9 Å². The summed E-state index contributed by atoms with van der Waals surface area (Å²) in [5.41, 5.74) is 3.56. The van der Waals surface area contributed by atoms with Gasteiger partial charge in [0.05, 0.1) is 6.61 Å². The van der Waals surface area contributed by atoms with Gasteiger partial charge in [0.15, 0.2) is 0 Å². The highest BCUT2D eigenvalue weighted by Crippen LogP contribution is 2.29. The number of rotatable bonds is 7. The van der Waals surface area contributed by atoms with Crippen LogP contribution in [0.25, 0.3) is 0 Å². The largest absolute Gasteiger partial charge is 0.383 e. The van der Waals surface area contributed by atoms with Crippen LogP contribution in [0, 0.1) is 0 Å². The minimum atomic E-state index is 0.683. The van der Waals surface area contributed by atoms with Crippen LogP contribution in [0.2, 0.25) is 0 Å². The smallest absolute Gasteiger partial charge is 0.148 e. The summed E-state index contributed by atoms with van der Waals surface area (Å²) in [5.74, 6) is 5.40. The molecule has 0 spiro atoms. The molecule has 3 N–H and O–H groups in total. The van der Waals surface area contributed by atoms with Crippen LogP contribution >= 0.6 is 11.5 Å². The molecular weight excluding hydrogens is 226 g/mol. The van der Waals surface area contributed by atoms with Crippen LogP contribution in [0.3, 0.4) is 0 Å². The second-order valence-electron chi connectivity index (χ2n) is 3.89. The molecule has 1 aliphatic carbocycles. The quantitative estimate of drug-likeness (QED) is 0.534. The van der Waals surface area contributed by atoms with E-state index >= 15 is 0 Å². The summed E-state index contributed by atoms with van der Waals surface area (Å²) in [6.45, 7) is 2.48. The van der Waals surface area contributed by atoms with Crippen LogP contribution in [0.4, 0.5) is 5.00 Å². The molecule has 7 heteroatoms. The van der Waals surface area contributed by atoms with Gasteiger partial charge in [0.2, 0.25) is 0 Å². The van der Waals surface area contributed by atoms with Crippen molar-refractivity contribution in [2.75, 3.05) is 25.7 Å². The Morgan fingerprint density at radius 3 is 3.06 bits per heavy atom. The molecule has 0 bridgehead atoms. The van der Waals surface area contributed by atoms with E-state index in [1.54, 1.807) is 7.11 Å². The maximum absolute atomic E-state index is 5.40. The number of hydrazine groups is 1. The fourth-order valence-corrected chi connectivity index (χ4v) is 2.14. The van der Waals surface area contributed by atoms with Crippen molar-refractivity contribution >= 4 is 16.5 Å². The van der Waals surface area contributed by atoms with Crippen LogP contribution in [0.1, 0.15) is 18.5 Å². The molecule has 1 heterocycles. The molecule has 2 rings (SSSR count). The number of nitrogens with zero attached hydrogens (tertiary/aromatic N) is 3. The van der Waals surface area contributed by atoms with Gasteiger partial charge in [0.1, 0.15) is 10.7 Å². The van der Waals surface area contributed by atoms with E-state index in [0.29, 0.717) is 6.04 Å². The molecule has 0 unspecified atom stereocenters. The van der Waals surface area contributed by atoms with E-state index in [9.17, 15) is 0 Å². The van der Waals surface area contributed by atoms with Gasteiger partial charge >= 0.3 is 0 Å². The molecule has 1 saturated carbocycles. The number of nitrogen functional groups attached to an aromatic ring is 1. The van der Waals surface area contributed by atoms with E-state index in [1.165, 1.54) is 24.4 Å². The number of aromatic nitrogens is 2. The second kappa shape index (κ2) is 5.53. The lowest BCUT2D eigenvalue weighted by atomic mass is 10.3. The molecule has 1 fully saturated rings. The van der Waals surface area contributed by atoms with Crippen molar-refractivity contribution in [1.82, 2.24) is 14.5 Å². The summed E-state index contributed by atoms with van der Waals surface area (Å²) < 4.78 is 9.01. The molecule has 1 aromatic heterocycles. The first-order valence-electron chi connectivity index (χ1n) is 5.36. The molecule has 0 aliphatic heterocycles. The van der Waals surface area contributed by atoms with Gasteiger partial charge in [-0.05, 0) is 12.8 Å². The number of ether oxygens (including phenoxy) is 1. The first kappa shape index (κ1) is 11.7. The van der Waals surface area contributed by atoms with Crippen molar-refractivity contribution in [2.45, 2.75) is 25.4 Å². The Morgan fingerprint density at radius 1 is 1.62 bits per heavy atom. The van der Waals surface area contributed by atoms with E-state index in [-0.39, 0.29) is 0 Å². The maximum atomic E-state index is 5.40. The predicted molar refractivity (Wildman–Crippen MR) is 63.0 cm³/mol. The molecule has 0 amide bonds. The monoisotopic (exact) mass is 243 g/mol. The van der Waals surface area contributed by atoms with Crippen LogP contribution in [-0.2, 0) is 11.3 Å². The Hall–Kier alpha value is -0.760. The normalized spacial score (nSPS) is 15.7. The Kier molecular flexibility index (Phi) is 4.05. The Balaban J connectivity index is 1.94. The Morgan fingerprint density at radius 2 is 2.44 bits per heavy atom. The summed E-state index contributed by atoms with van der Waals surface area (Å²) >= 11 is 1.29. The standard InChI is InChI=1S/C9H17N5OS/c1-15-5-4-14(7-2-3-7)6-8-9(11-10)16-13-12-8/h7,11H,2-6,10H2,1H3. The fourth-order valence-electron chi connectivity index (χ4n) is 1.65. The number of hydrogen-bond acceptors (Lipinski definition) is 7. The van der Waals surface area contributed by atoms with E-state index in [0.717, 1.165) is 30.4 Å². The lowest BCUT2D eigenvalue weighted by Crippen LogP contribution is -2.29. The van der Waals surface area contributed by atoms with Gasteiger partial charge in [-0.2, -0.15) is 0 Å². The molecule has 0 saturated heterocycles. The SMILES string of the molecule is COCCN(Cc1nnsc1NN)C1CC1. The fraction of sp³-hybridized carbons (Fsp3) is 0.778. The summed E-state index contributed by atoms with van der Waals surface area (Å²) in [6.07, 6.45) is 2.54. The average Bonchev–Trinajstić information content (AvgIpc) is 3.05. The van der Waals surface area contributed by atoms with Gasteiger partial charge < -0.3 is 10.2 Å². The Labute approximate surface area is 98.9 Å². The zero-order valence-electron chi connectivity index (χ0n) is 9.35. The molecule has 0 aromatic carbocycles. The molecule has 90 valence electrons. The third-order valence-corrected chi connectivity index (χ3v) is 3.38. The van der Waals surface area contributed by atoms with Crippen molar-refractivity contribution in [1.29, 1.82) is 0 Å². The minimum absolute atomic E-state index is 0.683. The van der Waals surface area contributed by atoms with Gasteiger partial charge in [-0.15, -0.1) is 5.10 Å². The van der Waals surface area contributed by atoms with Crippen molar-refractivity contribution in [3.05, 3.63) is 5.69 Å². The lowest BCUT2D eigenvalue weighted by Gasteiger charge is -2.20. The maximum Gasteiger partial charge on any atom is 0.148 e. The van der Waals surface area contributed by atoms with Gasteiger partial charge in [0.25, 0.3) is 0 Å². The zero-order chi connectivity index (χ0) is 11.4. The number of methoxy groups -OCH3 is 1. The highest BCUT2D eigenvalue weighted by atomic mass is 32.1. The van der Waals surface area contributed by atoms with Crippen molar-refractivity contribution < 1.29 is 4.74 Å². The third-order valence-electron chi connectivity index (χ3n) is 2.69. The van der Waals surface area contributed by atoms with E-state index in [1.807, 2.05) is 0 Å². The van der Waals surface area contributed by atoms with Crippen LogP contribution in [0.15, 0.2) is 0 Å². The zero-order valence-corrected chi connectivity index (χ0v) is 10.2. The van der Waals surface area contributed by atoms with Crippen molar-refractivity contribution in [3.63, 3.8) is 0 Å². The molecule has 0 radical (unpaired) electrons. The first-order chi connectivity index (χ1) is 7.85. The van der Waals surface area contributed by atoms with Crippen LogP contribution in [-0.4, -0.2) is 40.8 Å². The summed E-state index contributed by atoms with van der Waals surface area (Å²) in [5, 5.41) is 4.94. The molecule has 0 atom stereocenters. The highest BCUT2D eigenvalue weighted by Gasteiger charge is 2.29. The lowest BCUT2D eigenvalue weighted by molar-refractivity contribution is 0.139. The van der Waals surface area contributed by atoms with E-state index < -0.39 is 0 Å². The topological polar surface area (TPSA) is 76.3 Å². The highest BCUT2D eigenvalue weighted by molar-refractivity contribution is 7.10. The number of nitrogens with one attached hydrogen (secondary N) is 1. The average molecular weight is 243 g/mol. The van der Waals surface area contributed by atoms with Crippen LogP contribution < -0.4 is 11.3 Å². The van der Waals surface area contributed by atoms with Gasteiger partial charge in [-0.3, -0.25) is 4.90 Å². The van der Waals surface area contributed by atoms with Crippen molar-refractivity contribution in [2.24, 2.45) is 5.84 Å². The molecule has 1 aliphatic rings. The molecule has 6 nitrogen and oxygen atoms in total. The summed E-state index contributed by atoms with van der Waals surface area (Å²) in [4.78, 5) is 2.38. The van der Waals surface area contributed by atoms with Gasteiger partial charge in [-0.1, -0.05) is 4.49 Å². The summed E-state index contributed by atoms with van der Waals surface area (Å²) in [7, 11) is 1.72. The number of nitrogens with two attached hydrogens (primary N) is 1. The van der Waals surface area contributed by atoms with Crippen molar-refractivity contribution in [3.8, 4) is 0 Å². The Bertz CT molecular complexity index is 327. The molecular formula is C9H17N5OS. The number of hydrogen-bond donors (Lipinski definition) is 2. The van der Waals surface area contributed by atoms with Gasteiger partial charge in [-0.25, -0.2) is 5.84 Å². The minimum Gasteiger partial charge on any atom is -0.383 e. The second-order valence-corrected chi connectivity index (χ2v) is 4.64. The number of anilines is 1. The van der Waals surface area contributed by atoms with Gasteiger partial charge in [0, 0.05) is 37.8 Å². The first-order valence-corrected chi connectivity index (χ1v) is 6.13. The molecule has 1 aromatic rings. The third kappa shape index (κ3) is 2.88. The molecule has 16 heavy (non-hydrogen) atoms. The summed E-state index contributed by atoms with van der Waals surface area (Å²) in [6, 6.07) is 0.683.